The van der Waals surface area contributed by atoms with Crippen molar-refractivity contribution in [2.45, 2.75) is 6.92 Å². The van der Waals surface area contributed by atoms with Gasteiger partial charge in [-0.3, -0.25) is 9.59 Å². The summed E-state index contributed by atoms with van der Waals surface area (Å²) in [6.45, 7) is 1.85. The fraction of sp³-hybridized carbons (Fsp3) is 0.0769. The number of rotatable bonds is 6. The molecule has 162 valence electrons. The third-order valence-corrected chi connectivity index (χ3v) is 4.88. The molecule has 1 aromatic heterocycles. The fourth-order valence-electron chi connectivity index (χ4n) is 3.18. The number of para-hydroxylation sites is 1. The lowest BCUT2D eigenvalue weighted by atomic mass is 10.1. The quantitative estimate of drug-likeness (QED) is 0.438. The first-order valence-electron chi connectivity index (χ1n) is 10.2. The number of carbonyl (C=O) groups excluding carboxylic acids is 1. The van der Waals surface area contributed by atoms with E-state index < -0.39 is 0 Å². The monoisotopic (exact) mass is 436 g/mol. The Morgan fingerprint density at radius 1 is 1.09 bits per heavy atom. The average molecular weight is 436 g/mol. The highest BCUT2D eigenvalue weighted by Crippen LogP contribution is 2.19. The van der Waals surface area contributed by atoms with Gasteiger partial charge in [0.05, 0.1) is 16.5 Å². The van der Waals surface area contributed by atoms with Crippen molar-refractivity contribution in [3.8, 4) is 11.8 Å². The van der Waals surface area contributed by atoms with Crippen LogP contribution in [-0.4, -0.2) is 22.5 Å². The van der Waals surface area contributed by atoms with E-state index in [1.54, 1.807) is 54.6 Å². The average Bonchev–Trinajstić information content (AvgIpc) is 2.83. The number of hydrogen-bond acceptors (Lipinski definition) is 5. The van der Waals surface area contributed by atoms with Crippen LogP contribution in [-0.2, 0) is 4.79 Å². The lowest BCUT2D eigenvalue weighted by Gasteiger charge is -2.08. The van der Waals surface area contributed by atoms with Gasteiger partial charge < -0.3 is 15.0 Å². The molecule has 1 heterocycles. The highest BCUT2D eigenvalue weighted by Gasteiger charge is 2.09. The molecule has 0 saturated carbocycles. The molecule has 0 aliphatic heterocycles. The molecule has 33 heavy (non-hydrogen) atoms. The summed E-state index contributed by atoms with van der Waals surface area (Å²) in [7, 11) is 0. The Balaban J connectivity index is 1.44. The van der Waals surface area contributed by atoms with Gasteiger partial charge in [-0.25, -0.2) is 4.98 Å². The second-order valence-corrected chi connectivity index (χ2v) is 7.37. The minimum atomic E-state index is -0.301. The summed E-state index contributed by atoms with van der Waals surface area (Å²) in [5, 5.41) is 12.8. The molecule has 0 spiro atoms. The lowest BCUT2D eigenvalue weighted by molar-refractivity contribution is -0.118. The van der Waals surface area contributed by atoms with Gasteiger partial charge in [-0.1, -0.05) is 42.0 Å². The maximum absolute atomic E-state index is 12.3. The number of nitrogens with one attached hydrogen (secondary N) is 2. The van der Waals surface area contributed by atoms with Crippen LogP contribution < -0.4 is 15.6 Å². The number of anilines is 1. The number of carbonyl (C=O) groups is 1. The molecule has 2 N–H and O–H groups in total. The Bertz CT molecular complexity index is 1430. The Morgan fingerprint density at radius 3 is 2.55 bits per heavy atom. The Morgan fingerprint density at radius 2 is 1.82 bits per heavy atom. The molecule has 0 aliphatic carbocycles. The van der Waals surface area contributed by atoms with Gasteiger partial charge in [-0.05, 0) is 55.0 Å². The van der Waals surface area contributed by atoms with Crippen molar-refractivity contribution < 1.29 is 9.53 Å². The van der Waals surface area contributed by atoms with Crippen molar-refractivity contribution in [1.29, 1.82) is 5.26 Å². The van der Waals surface area contributed by atoms with Gasteiger partial charge in [0.2, 0.25) is 0 Å². The molecule has 0 atom stereocenters. The molecule has 0 radical (unpaired) electrons. The van der Waals surface area contributed by atoms with Gasteiger partial charge in [0, 0.05) is 5.69 Å². The van der Waals surface area contributed by atoms with Crippen LogP contribution in [0.4, 0.5) is 5.69 Å². The number of ether oxygens (including phenoxy) is 1. The molecule has 4 rings (SSSR count). The zero-order chi connectivity index (χ0) is 23.2. The minimum absolute atomic E-state index is 0.130. The number of aromatic amines is 1. The maximum Gasteiger partial charge on any atom is 0.262 e. The lowest BCUT2D eigenvalue weighted by Crippen LogP contribution is -2.20. The van der Waals surface area contributed by atoms with E-state index in [0.29, 0.717) is 22.3 Å². The molecule has 0 fully saturated rings. The molecule has 4 aromatic rings. The van der Waals surface area contributed by atoms with Crippen LogP contribution in [0.15, 0.2) is 77.6 Å². The van der Waals surface area contributed by atoms with E-state index in [9.17, 15) is 14.9 Å². The first-order chi connectivity index (χ1) is 16.0. The zero-order valence-electron chi connectivity index (χ0n) is 17.8. The van der Waals surface area contributed by atoms with E-state index in [0.717, 1.165) is 11.1 Å². The number of amides is 1. The van der Waals surface area contributed by atoms with Gasteiger partial charge in [0.15, 0.2) is 12.4 Å². The number of hydrogen-bond donors (Lipinski definition) is 2. The second-order valence-electron chi connectivity index (χ2n) is 7.37. The third kappa shape index (κ3) is 5.32. The van der Waals surface area contributed by atoms with E-state index in [2.05, 4.69) is 21.4 Å². The standard InChI is InChI=1S/C26H20N4O3/c1-17-6-10-20(11-7-17)28-24(31)16-33-21-12-8-18(9-13-21)14-19(15-27)25-29-23-5-3-2-4-22(23)26(32)30-25/h2-14H,16H2,1H3,(H,28,31)(H,29,30,32)/b19-14+. The van der Waals surface area contributed by atoms with Gasteiger partial charge >= 0.3 is 0 Å². The van der Waals surface area contributed by atoms with Crippen molar-refractivity contribution >= 4 is 34.1 Å². The van der Waals surface area contributed by atoms with E-state index in [-0.39, 0.29) is 29.5 Å². The summed E-state index contributed by atoms with van der Waals surface area (Å²) in [4.78, 5) is 31.4. The number of benzene rings is 3. The number of H-pyrrole nitrogens is 1. The molecule has 1 amide bonds. The van der Waals surface area contributed by atoms with E-state index in [1.165, 1.54) is 0 Å². The maximum atomic E-state index is 12.3. The number of fused-ring (bicyclic) bond motifs is 1. The third-order valence-electron chi connectivity index (χ3n) is 4.88. The summed E-state index contributed by atoms with van der Waals surface area (Å²) in [5.41, 5.74) is 2.98. The predicted molar refractivity (Wildman–Crippen MR) is 128 cm³/mol. The molecular formula is C26H20N4O3. The molecule has 3 aromatic carbocycles. The highest BCUT2D eigenvalue weighted by atomic mass is 16.5. The topological polar surface area (TPSA) is 108 Å². The van der Waals surface area contributed by atoms with Crippen LogP contribution in [0.25, 0.3) is 22.6 Å². The van der Waals surface area contributed by atoms with Crippen LogP contribution in [0.3, 0.4) is 0 Å². The highest BCUT2D eigenvalue weighted by molar-refractivity contribution is 5.92. The molecule has 0 aliphatic rings. The normalized spacial score (nSPS) is 11.1. The van der Waals surface area contributed by atoms with Gasteiger partial charge in [-0.15, -0.1) is 0 Å². The molecule has 7 heteroatoms. The molecule has 0 unspecified atom stereocenters. The van der Waals surface area contributed by atoms with Gasteiger partial charge in [-0.2, -0.15) is 5.26 Å². The van der Waals surface area contributed by atoms with Crippen LogP contribution in [0.5, 0.6) is 5.75 Å². The van der Waals surface area contributed by atoms with Crippen molar-refractivity contribution in [3.63, 3.8) is 0 Å². The largest absolute Gasteiger partial charge is 0.484 e. The van der Waals surface area contributed by atoms with Crippen molar-refractivity contribution in [3.05, 3.63) is 100 Å². The van der Waals surface area contributed by atoms with Crippen LogP contribution >= 0.6 is 0 Å². The Hall–Kier alpha value is -4.70. The molecule has 0 bridgehead atoms. The minimum Gasteiger partial charge on any atom is -0.484 e. The molecule has 0 saturated heterocycles. The number of allylic oxidation sites excluding steroid dienone is 1. The summed E-state index contributed by atoms with van der Waals surface area (Å²) in [6.07, 6.45) is 1.63. The first-order valence-corrected chi connectivity index (χ1v) is 10.2. The Labute approximate surface area is 190 Å². The van der Waals surface area contributed by atoms with Crippen LogP contribution in [0, 0.1) is 18.3 Å². The summed E-state index contributed by atoms with van der Waals surface area (Å²) < 4.78 is 5.54. The van der Waals surface area contributed by atoms with Crippen molar-refractivity contribution in [1.82, 2.24) is 9.97 Å². The molecular weight excluding hydrogens is 416 g/mol. The number of aryl methyl sites for hydroxylation is 1. The van der Waals surface area contributed by atoms with E-state index in [1.807, 2.05) is 31.2 Å². The molecule has 7 nitrogen and oxygen atoms in total. The smallest absolute Gasteiger partial charge is 0.262 e. The second kappa shape index (κ2) is 9.62. The summed E-state index contributed by atoms with van der Waals surface area (Å²) >= 11 is 0. The number of nitrogens with zero attached hydrogens (tertiary/aromatic N) is 2. The van der Waals surface area contributed by atoms with Crippen molar-refractivity contribution in [2.24, 2.45) is 0 Å². The van der Waals surface area contributed by atoms with E-state index >= 15 is 0 Å². The Kier molecular flexibility index (Phi) is 6.28. The van der Waals surface area contributed by atoms with Crippen LogP contribution in [0.1, 0.15) is 17.0 Å². The van der Waals surface area contributed by atoms with E-state index in [4.69, 9.17) is 4.74 Å². The summed E-state index contributed by atoms with van der Waals surface area (Å²) in [5.74, 6) is 0.456. The predicted octanol–water partition coefficient (Wildman–Crippen LogP) is 4.31. The fourth-order valence-corrected chi connectivity index (χ4v) is 3.18. The first kappa shape index (κ1) is 21.5. The van der Waals surface area contributed by atoms with Crippen molar-refractivity contribution in [2.75, 3.05) is 11.9 Å². The van der Waals surface area contributed by atoms with Gasteiger partial charge in [0.1, 0.15) is 11.8 Å². The summed E-state index contributed by atoms with van der Waals surface area (Å²) in [6, 6.07) is 23.5. The number of nitriles is 1. The zero-order valence-corrected chi connectivity index (χ0v) is 17.8. The van der Waals surface area contributed by atoms with Crippen LogP contribution in [0.2, 0.25) is 0 Å². The SMILES string of the molecule is Cc1ccc(NC(=O)COc2ccc(/C=C(\C#N)c3nc4ccccc4c(=O)[nH]3)cc2)cc1. The number of aromatic nitrogens is 2. The van der Waals surface area contributed by atoms with Gasteiger partial charge in [0.25, 0.3) is 11.5 Å².